The van der Waals surface area contributed by atoms with Gasteiger partial charge in [0.2, 0.25) is 5.91 Å². The molecule has 1 heterocycles. The smallest absolute Gasteiger partial charge is 0.405 e. The molecule has 1 aliphatic carbocycles. The fourth-order valence-electron chi connectivity index (χ4n) is 3.51. The van der Waals surface area contributed by atoms with E-state index >= 15 is 0 Å². The van der Waals surface area contributed by atoms with Crippen LogP contribution in [-0.4, -0.2) is 56.2 Å². The zero-order chi connectivity index (χ0) is 15.7. The van der Waals surface area contributed by atoms with Crippen molar-refractivity contribution in [2.24, 2.45) is 11.3 Å². The van der Waals surface area contributed by atoms with Gasteiger partial charge in [-0.3, -0.25) is 14.5 Å². The Kier molecular flexibility index (Phi) is 4.46. The lowest BCUT2D eigenvalue weighted by molar-refractivity contribution is -0.153. The van der Waals surface area contributed by atoms with Gasteiger partial charge in [0, 0.05) is 13.1 Å². The number of nitrogens with zero attached hydrogens (tertiary/aromatic N) is 1. The molecule has 8 heteroatoms. The lowest BCUT2D eigenvalue weighted by Crippen LogP contribution is -2.42. The van der Waals surface area contributed by atoms with Crippen LogP contribution in [0.25, 0.3) is 0 Å². The molecular weight excluding hydrogens is 289 g/mol. The molecule has 0 aromatic carbocycles. The maximum absolute atomic E-state index is 12.0. The molecule has 2 fully saturated rings. The Morgan fingerprint density at radius 3 is 2.76 bits per heavy atom. The third-order valence-electron chi connectivity index (χ3n) is 4.39. The van der Waals surface area contributed by atoms with Crippen molar-refractivity contribution in [2.45, 2.75) is 25.4 Å². The fraction of sp³-hybridized carbons (Fsp3) is 0.846. The number of esters is 1. The summed E-state index contributed by atoms with van der Waals surface area (Å²) >= 11 is 0. The molecule has 0 radical (unpaired) electrons. The van der Waals surface area contributed by atoms with Gasteiger partial charge in [0.15, 0.2) is 0 Å². The Balaban J connectivity index is 1.90. The quantitative estimate of drug-likeness (QED) is 0.785. The van der Waals surface area contributed by atoms with E-state index in [2.05, 4.69) is 0 Å². The van der Waals surface area contributed by atoms with Gasteiger partial charge in [-0.2, -0.15) is 13.2 Å². The first-order valence-corrected chi connectivity index (χ1v) is 6.91. The molecule has 1 amide bonds. The minimum atomic E-state index is -4.41. The van der Waals surface area contributed by atoms with Crippen molar-refractivity contribution in [3.63, 3.8) is 0 Å². The fourth-order valence-corrected chi connectivity index (χ4v) is 3.51. The molecule has 1 saturated heterocycles. The van der Waals surface area contributed by atoms with Gasteiger partial charge in [-0.25, -0.2) is 0 Å². The Hall–Kier alpha value is -1.31. The Morgan fingerprint density at radius 2 is 2.14 bits per heavy atom. The monoisotopic (exact) mass is 308 g/mol. The second-order valence-electron chi connectivity index (χ2n) is 5.80. The number of hydrogen-bond donors (Lipinski definition) is 1. The van der Waals surface area contributed by atoms with Crippen molar-refractivity contribution in [1.82, 2.24) is 10.2 Å². The maximum Gasteiger partial charge on any atom is 0.405 e. The van der Waals surface area contributed by atoms with Crippen molar-refractivity contribution in [2.75, 3.05) is 33.3 Å². The Morgan fingerprint density at radius 1 is 1.43 bits per heavy atom. The van der Waals surface area contributed by atoms with Crippen LogP contribution in [0.2, 0.25) is 0 Å². The maximum atomic E-state index is 12.0. The van der Waals surface area contributed by atoms with Crippen LogP contribution in [0.5, 0.6) is 0 Å². The highest BCUT2D eigenvalue weighted by atomic mass is 19.4. The number of alkyl halides is 3. The van der Waals surface area contributed by atoms with E-state index in [1.807, 2.05) is 5.32 Å². The highest BCUT2D eigenvalue weighted by Gasteiger charge is 2.55. The lowest BCUT2D eigenvalue weighted by atomic mass is 9.81. The molecular formula is C13H19F3N2O3. The molecule has 0 aromatic heterocycles. The molecule has 21 heavy (non-hydrogen) atoms. The van der Waals surface area contributed by atoms with Gasteiger partial charge in [-0.05, 0) is 18.8 Å². The van der Waals surface area contributed by atoms with Crippen molar-refractivity contribution in [3.05, 3.63) is 0 Å². The molecule has 1 N–H and O–H groups in total. The first-order valence-electron chi connectivity index (χ1n) is 6.91. The summed E-state index contributed by atoms with van der Waals surface area (Å²) in [6.07, 6.45) is -1.88. The van der Waals surface area contributed by atoms with E-state index < -0.39 is 24.0 Å². The highest BCUT2D eigenvalue weighted by molar-refractivity contribution is 5.80. The summed E-state index contributed by atoms with van der Waals surface area (Å²) in [6.45, 7) is -0.519. The van der Waals surface area contributed by atoms with Crippen LogP contribution in [0.3, 0.4) is 0 Å². The first kappa shape index (κ1) is 16.1. The molecule has 2 atom stereocenters. The van der Waals surface area contributed by atoms with Crippen LogP contribution >= 0.6 is 0 Å². The molecule has 0 spiro atoms. The second-order valence-corrected chi connectivity index (χ2v) is 5.80. The van der Waals surface area contributed by atoms with Crippen molar-refractivity contribution >= 4 is 11.9 Å². The van der Waals surface area contributed by atoms with Gasteiger partial charge in [-0.15, -0.1) is 0 Å². The number of carbonyl (C=O) groups excluding carboxylic acids is 2. The van der Waals surface area contributed by atoms with Gasteiger partial charge >= 0.3 is 12.1 Å². The third-order valence-corrected chi connectivity index (χ3v) is 4.39. The number of likely N-dealkylation sites (tertiary alicyclic amines) is 1. The normalized spacial score (nSPS) is 29.2. The minimum absolute atomic E-state index is 0.120. The van der Waals surface area contributed by atoms with Crippen LogP contribution in [0.4, 0.5) is 13.2 Å². The third kappa shape index (κ3) is 3.48. The number of methoxy groups -OCH3 is 1. The largest absolute Gasteiger partial charge is 0.469 e. The summed E-state index contributed by atoms with van der Waals surface area (Å²) in [5.41, 5.74) is -0.584. The van der Waals surface area contributed by atoms with E-state index in [9.17, 15) is 22.8 Å². The van der Waals surface area contributed by atoms with E-state index in [-0.39, 0.29) is 18.4 Å². The zero-order valence-corrected chi connectivity index (χ0v) is 11.8. The molecule has 1 saturated carbocycles. The van der Waals surface area contributed by atoms with E-state index in [1.165, 1.54) is 7.11 Å². The second kappa shape index (κ2) is 5.82. The van der Waals surface area contributed by atoms with Crippen LogP contribution in [0.15, 0.2) is 0 Å². The number of amides is 1. The van der Waals surface area contributed by atoms with Gasteiger partial charge in [0.05, 0.1) is 19.1 Å². The highest BCUT2D eigenvalue weighted by Crippen LogP contribution is 2.49. The van der Waals surface area contributed by atoms with Gasteiger partial charge < -0.3 is 10.1 Å². The van der Waals surface area contributed by atoms with Crippen LogP contribution < -0.4 is 5.32 Å². The SMILES string of the molecule is COC(=O)[C@@]12CCC[C@@H]1CN(CC(=O)NCC(F)(F)F)C2. The molecule has 0 unspecified atom stereocenters. The standard InChI is InChI=1S/C13H19F3N2O3/c1-21-11(20)12-4-2-3-9(12)5-18(8-12)6-10(19)17-7-13(14,15)16/h9H,2-8H2,1H3,(H,17,19)/t9-,12-/m1/s1. The summed E-state index contributed by atoms with van der Waals surface area (Å²) in [6, 6.07) is 0. The van der Waals surface area contributed by atoms with Crippen molar-refractivity contribution < 1.29 is 27.5 Å². The van der Waals surface area contributed by atoms with E-state index in [0.29, 0.717) is 19.5 Å². The molecule has 120 valence electrons. The van der Waals surface area contributed by atoms with Crippen molar-refractivity contribution in [1.29, 1.82) is 0 Å². The topological polar surface area (TPSA) is 58.6 Å². The number of ether oxygens (including phenoxy) is 1. The van der Waals surface area contributed by atoms with Gasteiger partial charge in [0.25, 0.3) is 0 Å². The molecule has 2 aliphatic rings. The Labute approximate surface area is 120 Å². The number of carbonyl (C=O) groups is 2. The number of fused-ring (bicyclic) bond motifs is 1. The zero-order valence-electron chi connectivity index (χ0n) is 11.8. The van der Waals surface area contributed by atoms with Gasteiger partial charge in [0.1, 0.15) is 6.54 Å². The predicted octanol–water partition coefficient (Wildman–Crippen LogP) is 0.940. The molecule has 2 rings (SSSR count). The predicted molar refractivity (Wildman–Crippen MR) is 67.3 cm³/mol. The van der Waals surface area contributed by atoms with E-state index in [1.54, 1.807) is 4.90 Å². The number of halogens is 3. The van der Waals surface area contributed by atoms with Crippen LogP contribution in [-0.2, 0) is 14.3 Å². The number of hydrogen-bond acceptors (Lipinski definition) is 4. The number of rotatable bonds is 4. The summed E-state index contributed by atoms with van der Waals surface area (Å²) in [5, 5.41) is 1.85. The summed E-state index contributed by atoms with van der Waals surface area (Å²) < 4.78 is 41.0. The van der Waals surface area contributed by atoms with Crippen molar-refractivity contribution in [3.8, 4) is 0 Å². The molecule has 0 aromatic rings. The molecule has 5 nitrogen and oxygen atoms in total. The summed E-state index contributed by atoms with van der Waals surface area (Å²) in [7, 11) is 1.34. The average molecular weight is 308 g/mol. The summed E-state index contributed by atoms with van der Waals surface area (Å²) in [4.78, 5) is 25.3. The Bertz CT molecular complexity index is 427. The van der Waals surface area contributed by atoms with Crippen LogP contribution in [0, 0.1) is 11.3 Å². The first-order chi connectivity index (χ1) is 9.77. The average Bonchev–Trinajstić information content (AvgIpc) is 2.92. The lowest BCUT2D eigenvalue weighted by Gasteiger charge is -2.25. The summed E-state index contributed by atoms with van der Waals surface area (Å²) in [5.74, 6) is -0.823. The van der Waals surface area contributed by atoms with Gasteiger partial charge in [-0.1, -0.05) is 6.42 Å². The molecule has 1 aliphatic heterocycles. The van der Waals surface area contributed by atoms with Crippen LogP contribution in [0.1, 0.15) is 19.3 Å². The van der Waals surface area contributed by atoms with E-state index in [0.717, 1.165) is 12.8 Å². The minimum Gasteiger partial charge on any atom is -0.469 e. The number of nitrogens with one attached hydrogen (secondary N) is 1. The molecule has 0 bridgehead atoms. The van der Waals surface area contributed by atoms with E-state index in [4.69, 9.17) is 4.74 Å².